The molecule has 0 aliphatic heterocycles. The fourth-order valence-electron chi connectivity index (χ4n) is 5.05. The van der Waals surface area contributed by atoms with Crippen LogP contribution in [0.4, 0.5) is 10.1 Å². The van der Waals surface area contributed by atoms with Crippen LogP contribution in [0.2, 0.25) is 0 Å². The third-order valence-electron chi connectivity index (χ3n) is 7.54. The zero-order valence-electron chi connectivity index (χ0n) is 27.2. The highest BCUT2D eigenvalue weighted by molar-refractivity contribution is 7.92. The van der Waals surface area contributed by atoms with Gasteiger partial charge in [0.15, 0.2) is 0 Å². The van der Waals surface area contributed by atoms with Crippen LogP contribution >= 0.6 is 0 Å². The summed E-state index contributed by atoms with van der Waals surface area (Å²) in [4.78, 5) is 29.9. The molecule has 0 saturated heterocycles. The summed E-state index contributed by atoms with van der Waals surface area (Å²) < 4.78 is 49.3. The van der Waals surface area contributed by atoms with E-state index in [1.54, 1.807) is 55.5 Å². The summed E-state index contributed by atoms with van der Waals surface area (Å²) in [5.74, 6) is -0.982. The van der Waals surface area contributed by atoms with Gasteiger partial charge in [0.2, 0.25) is 11.8 Å². The number of nitrogens with one attached hydrogen (secondary N) is 1. The number of para-hydroxylation sites is 2. The molecule has 4 rings (SSSR count). The molecule has 1 atom stereocenters. The molecule has 8 nitrogen and oxygen atoms in total. The largest absolute Gasteiger partial charge is 0.492 e. The van der Waals surface area contributed by atoms with Crippen LogP contribution in [0.5, 0.6) is 5.75 Å². The van der Waals surface area contributed by atoms with Crippen LogP contribution in [-0.2, 0) is 32.6 Å². The van der Waals surface area contributed by atoms with Gasteiger partial charge < -0.3 is 15.0 Å². The number of hydrogen-bond acceptors (Lipinski definition) is 5. The van der Waals surface area contributed by atoms with E-state index in [9.17, 15) is 22.4 Å². The Morgan fingerprint density at radius 3 is 2.13 bits per heavy atom. The summed E-state index contributed by atoms with van der Waals surface area (Å²) in [6.07, 6.45) is 0.179. The average molecular weight is 660 g/mol. The Kier molecular flexibility index (Phi) is 12.1. The second kappa shape index (κ2) is 16.2. The highest BCUT2D eigenvalue weighted by Crippen LogP contribution is 2.33. The highest BCUT2D eigenvalue weighted by atomic mass is 32.2. The second-order valence-corrected chi connectivity index (χ2v) is 13.6. The summed E-state index contributed by atoms with van der Waals surface area (Å²) in [5.41, 5.74) is 2.47. The molecule has 0 fully saturated rings. The van der Waals surface area contributed by atoms with E-state index in [4.69, 9.17) is 4.74 Å². The number of hydrogen-bond donors (Lipinski definition) is 1. The van der Waals surface area contributed by atoms with Crippen molar-refractivity contribution >= 4 is 27.5 Å². The maximum absolute atomic E-state index is 14.6. The zero-order valence-corrected chi connectivity index (χ0v) is 28.0. The third-order valence-corrected chi connectivity index (χ3v) is 9.32. The van der Waals surface area contributed by atoms with Gasteiger partial charge in [-0.2, -0.15) is 0 Å². The number of benzene rings is 4. The molecule has 0 bridgehead atoms. The van der Waals surface area contributed by atoms with Crippen molar-refractivity contribution in [3.63, 3.8) is 0 Å². The molecule has 0 radical (unpaired) electrons. The normalized spacial score (nSPS) is 12.0. The Morgan fingerprint density at radius 2 is 1.49 bits per heavy atom. The van der Waals surface area contributed by atoms with Gasteiger partial charge in [0.05, 0.1) is 17.2 Å². The lowest BCUT2D eigenvalue weighted by atomic mass is 10.0. The Labute approximate surface area is 277 Å². The Hall–Kier alpha value is -4.70. The molecule has 0 saturated carbocycles. The van der Waals surface area contributed by atoms with Crippen molar-refractivity contribution < 1.29 is 27.1 Å². The van der Waals surface area contributed by atoms with Gasteiger partial charge in [0.1, 0.15) is 24.2 Å². The predicted octanol–water partition coefficient (Wildman–Crippen LogP) is 6.14. The molecular weight excluding hydrogens is 617 g/mol. The van der Waals surface area contributed by atoms with E-state index in [0.717, 1.165) is 15.4 Å². The van der Waals surface area contributed by atoms with E-state index < -0.39 is 34.3 Å². The smallest absolute Gasteiger partial charge is 0.264 e. The Balaban J connectivity index is 1.83. The van der Waals surface area contributed by atoms with Gasteiger partial charge in [-0.25, -0.2) is 12.8 Å². The molecule has 47 heavy (non-hydrogen) atoms. The number of carbonyl (C=O) groups is 2. The lowest BCUT2D eigenvalue weighted by Crippen LogP contribution is -2.53. The van der Waals surface area contributed by atoms with Crippen LogP contribution in [0.25, 0.3) is 0 Å². The first-order valence-electron chi connectivity index (χ1n) is 15.7. The molecular formula is C37H42FN3O5S. The zero-order chi connectivity index (χ0) is 34.0. The van der Waals surface area contributed by atoms with E-state index in [0.29, 0.717) is 17.9 Å². The minimum Gasteiger partial charge on any atom is -0.492 e. The Morgan fingerprint density at radius 1 is 0.851 bits per heavy atom. The first-order chi connectivity index (χ1) is 22.5. The average Bonchev–Trinajstić information content (AvgIpc) is 3.06. The van der Waals surface area contributed by atoms with Crippen LogP contribution in [0.3, 0.4) is 0 Å². The molecule has 248 valence electrons. The molecule has 0 aromatic heterocycles. The van der Waals surface area contributed by atoms with Gasteiger partial charge in [0, 0.05) is 19.5 Å². The minimum absolute atomic E-state index is 0.00259. The highest BCUT2D eigenvalue weighted by Gasteiger charge is 2.35. The lowest BCUT2D eigenvalue weighted by Gasteiger charge is -2.34. The van der Waals surface area contributed by atoms with Crippen molar-refractivity contribution in [2.45, 2.75) is 51.6 Å². The molecule has 0 aliphatic carbocycles. The molecule has 4 aromatic carbocycles. The minimum atomic E-state index is -4.29. The summed E-state index contributed by atoms with van der Waals surface area (Å²) in [5, 5.41) is 2.96. The number of carbonyl (C=O) groups excluding carboxylic acids is 2. The van der Waals surface area contributed by atoms with Crippen LogP contribution in [0, 0.1) is 18.7 Å². The Bertz CT molecular complexity index is 1730. The van der Waals surface area contributed by atoms with Crippen molar-refractivity contribution in [3.8, 4) is 5.75 Å². The van der Waals surface area contributed by atoms with E-state index in [-0.39, 0.29) is 42.0 Å². The molecule has 1 N–H and O–H groups in total. The molecule has 2 amide bonds. The number of amides is 2. The quantitative estimate of drug-likeness (QED) is 0.166. The van der Waals surface area contributed by atoms with E-state index in [1.165, 1.54) is 29.2 Å². The summed E-state index contributed by atoms with van der Waals surface area (Å²) in [6.45, 7) is 7.56. The van der Waals surface area contributed by atoms with Crippen molar-refractivity contribution in [3.05, 3.63) is 126 Å². The SMILES string of the molecule is CCOc1ccccc1N(CC(=O)N(Cc1ccc(F)cc1)[C@H](Cc1ccccc1)C(=O)NCC(C)C)S(=O)(=O)c1ccc(C)cc1. The molecule has 0 aliphatic rings. The first kappa shape index (κ1) is 35.2. The van der Waals surface area contributed by atoms with Crippen LogP contribution in [-0.4, -0.2) is 50.9 Å². The van der Waals surface area contributed by atoms with Gasteiger partial charge in [-0.1, -0.05) is 86.1 Å². The van der Waals surface area contributed by atoms with Gasteiger partial charge in [0.25, 0.3) is 10.0 Å². The van der Waals surface area contributed by atoms with Crippen molar-refractivity contribution in [1.29, 1.82) is 0 Å². The van der Waals surface area contributed by atoms with Gasteiger partial charge in [-0.15, -0.1) is 0 Å². The van der Waals surface area contributed by atoms with Gasteiger partial charge >= 0.3 is 0 Å². The molecule has 0 heterocycles. The van der Waals surface area contributed by atoms with Gasteiger partial charge in [-0.3, -0.25) is 13.9 Å². The lowest BCUT2D eigenvalue weighted by molar-refractivity contribution is -0.140. The van der Waals surface area contributed by atoms with E-state index >= 15 is 0 Å². The van der Waals surface area contributed by atoms with Crippen LogP contribution in [0.15, 0.2) is 108 Å². The number of anilines is 1. The number of ether oxygens (including phenoxy) is 1. The summed E-state index contributed by atoms with van der Waals surface area (Å²) >= 11 is 0. The van der Waals surface area contributed by atoms with E-state index in [2.05, 4.69) is 5.32 Å². The van der Waals surface area contributed by atoms with Crippen molar-refractivity contribution in [2.24, 2.45) is 5.92 Å². The monoisotopic (exact) mass is 659 g/mol. The first-order valence-corrected chi connectivity index (χ1v) is 17.1. The molecule has 4 aromatic rings. The number of sulfonamides is 1. The summed E-state index contributed by atoms with van der Waals surface area (Å²) in [6, 6.07) is 27.0. The maximum Gasteiger partial charge on any atom is 0.264 e. The second-order valence-electron chi connectivity index (χ2n) is 11.7. The molecule has 10 heteroatoms. The van der Waals surface area contributed by atoms with Gasteiger partial charge in [-0.05, 0) is 67.3 Å². The molecule has 0 spiro atoms. The predicted molar refractivity (Wildman–Crippen MR) is 182 cm³/mol. The molecule has 0 unspecified atom stereocenters. The summed E-state index contributed by atoms with van der Waals surface area (Å²) in [7, 11) is -4.29. The number of nitrogens with zero attached hydrogens (tertiary/aromatic N) is 2. The maximum atomic E-state index is 14.6. The number of aryl methyl sites for hydroxylation is 1. The fourth-order valence-corrected chi connectivity index (χ4v) is 6.48. The number of rotatable bonds is 15. The third kappa shape index (κ3) is 9.42. The van der Waals surface area contributed by atoms with Crippen molar-refractivity contribution in [2.75, 3.05) is 24.0 Å². The van der Waals surface area contributed by atoms with E-state index in [1.807, 2.05) is 51.1 Å². The standard InChI is InChI=1S/C37H42FN3O5S/c1-5-46-35-14-10-9-13-33(35)41(47(44,45)32-21-15-28(4)16-22-32)26-36(42)40(25-30-17-19-31(38)20-18-30)34(37(43)39-24-27(2)3)23-29-11-7-6-8-12-29/h6-22,27,34H,5,23-26H2,1-4H3,(H,39,43)/t34-/m1/s1. The topological polar surface area (TPSA) is 96.0 Å². The number of halogens is 1. The fraction of sp³-hybridized carbons (Fsp3) is 0.297. The van der Waals surface area contributed by atoms with Crippen molar-refractivity contribution in [1.82, 2.24) is 10.2 Å². The van der Waals surface area contributed by atoms with Crippen LogP contribution in [0.1, 0.15) is 37.5 Å². The van der Waals surface area contributed by atoms with Crippen LogP contribution < -0.4 is 14.4 Å².